The van der Waals surface area contributed by atoms with Crippen LogP contribution in [-0.2, 0) is 0 Å². The third kappa shape index (κ3) is 4.13. The van der Waals surface area contributed by atoms with Crippen LogP contribution >= 0.6 is 0 Å². The Hall–Kier alpha value is -1.22. The molecule has 0 aromatic heterocycles. The van der Waals surface area contributed by atoms with Gasteiger partial charge in [0.05, 0.1) is 13.7 Å². The van der Waals surface area contributed by atoms with Gasteiger partial charge in [-0.2, -0.15) is 0 Å². The molecule has 0 atom stereocenters. The average Bonchev–Trinajstić information content (AvgIpc) is 2.48. The van der Waals surface area contributed by atoms with Crippen LogP contribution in [0.15, 0.2) is 18.2 Å². The van der Waals surface area contributed by atoms with Crippen LogP contribution in [-0.4, -0.2) is 26.8 Å². The summed E-state index contributed by atoms with van der Waals surface area (Å²) in [5.41, 5.74) is 1.35. The van der Waals surface area contributed by atoms with Crippen molar-refractivity contribution in [3.8, 4) is 11.5 Å². The van der Waals surface area contributed by atoms with E-state index in [1.165, 1.54) is 18.4 Å². The Morgan fingerprint density at radius 3 is 2.58 bits per heavy atom. The Kier molecular flexibility index (Phi) is 5.52. The van der Waals surface area contributed by atoms with Crippen LogP contribution in [0, 0.1) is 0 Å². The minimum Gasteiger partial charge on any atom is -0.497 e. The Morgan fingerprint density at radius 2 is 1.89 bits per heavy atom. The molecule has 1 aromatic carbocycles. The summed E-state index contributed by atoms with van der Waals surface area (Å²) in [7, 11) is 1.72. The van der Waals surface area contributed by atoms with Crippen LogP contribution in [0.2, 0.25) is 0 Å². The fourth-order valence-electron chi connectivity index (χ4n) is 2.52. The minimum absolute atomic E-state index is 0.630. The molecule has 1 aliphatic heterocycles. The lowest BCUT2D eigenvalue weighted by Crippen LogP contribution is -2.26. The van der Waals surface area contributed by atoms with Gasteiger partial charge in [-0.15, -0.1) is 0 Å². The smallest absolute Gasteiger partial charge is 0.123 e. The average molecular weight is 263 g/mol. The number of unbranched alkanes of at least 4 members (excludes halogenated alkanes) is 1. The number of ether oxygens (including phenoxy) is 2. The standard InChI is InChI=1S/C16H25NO2/c1-3-4-9-19-16-11-14(10-15(12-16)18-2)13-5-7-17-8-6-13/h10-13,17H,3-9H2,1-2H3. The molecule has 19 heavy (non-hydrogen) atoms. The summed E-state index contributed by atoms with van der Waals surface area (Å²) in [5.74, 6) is 2.48. The summed E-state index contributed by atoms with van der Waals surface area (Å²) in [4.78, 5) is 0. The van der Waals surface area contributed by atoms with E-state index in [0.29, 0.717) is 5.92 Å². The maximum atomic E-state index is 5.82. The second kappa shape index (κ2) is 7.39. The lowest BCUT2D eigenvalue weighted by atomic mass is 9.90. The molecule has 0 bridgehead atoms. The van der Waals surface area contributed by atoms with E-state index >= 15 is 0 Å². The largest absolute Gasteiger partial charge is 0.497 e. The normalized spacial score (nSPS) is 16.3. The number of hydrogen-bond donors (Lipinski definition) is 1. The third-order valence-electron chi connectivity index (χ3n) is 3.72. The number of methoxy groups -OCH3 is 1. The number of piperidine rings is 1. The molecule has 1 aliphatic rings. The molecule has 1 aromatic rings. The quantitative estimate of drug-likeness (QED) is 0.798. The predicted molar refractivity (Wildman–Crippen MR) is 78.2 cm³/mol. The molecule has 1 N–H and O–H groups in total. The van der Waals surface area contributed by atoms with E-state index in [9.17, 15) is 0 Å². The first kappa shape index (κ1) is 14.2. The van der Waals surface area contributed by atoms with Crippen molar-refractivity contribution in [2.24, 2.45) is 0 Å². The molecule has 106 valence electrons. The van der Waals surface area contributed by atoms with E-state index in [1.807, 2.05) is 6.07 Å². The molecular formula is C16H25NO2. The minimum atomic E-state index is 0.630. The van der Waals surface area contributed by atoms with E-state index in [-0.39, 0.29) is 0 Å². The van der Waals surface area contributed by atoms with Gasteiger partial charge in [-0.1, -0.05) is 13.3 Å². The molecule has 0 spiro atoms. The summed E-state index contributed by atoms with van der Waals surface area (Å²) in [6, 6.07) is 6.33. The zero-order chi connectivity index (χ0) is 13.5. The summed E-state index contributed by atoms with van der Waals surface area (Å²) >= 11 is 0. The highest BCUT2D eigenvalue weighted by Gasteiger charge is 2.16. The molecule has 3 heteroatoms. The molecule has 2 rings (SSSR count). The number of benzene rings is 1. The van der Waals surface area contributed by atoms with Crippen molar-refractivity contribution in [3.63, 3.8) is 0 Å². The van der Waals surface area contributed by atoms with Crippen molar-refractivity contribution < 1.29 is 9.47 Å². The van der Waals surface area contributed by atoms with Gasteiger partial charge in [0.15, 0.2) is 0 Å². The number of nitrogens with one attached hydrogen (secondary N) is 1. The van der Waals surface area contributed by atoms with Gasteiger partial charge in [0.1, 0.15) is 11.5 Å². The van der Waals surface area contributed by atoms with Gasteiger partial charge < -0.3 is 14.8 Å². The highest BCUT2D eigenvalue weighted by atomic mass is 16.5. The molecular weight excluding hydrogens is 238 g/mol. The fraction of sp³-hybridized carbons (Fsp3) is 0.625. The molecule has 1 fully saturated rings. The highest BCUT2D eigenvalue weighted by molar-refractivity contribution is 5.40. The topological polar surface area (TPSA) is 30.5 Å². The summed E-state index contributed by atoms with van der Waals surface area (Å²) in [6.45, 7) is 5.17. The van der Waals surface area contributed by atoms with Gasteiger partial charge in [-0.05, 0) is 56.0 Å². The van der Waals surface area contributed by atoms with Crippen LogP contribution < -0.4 is 14.8 Å². The van der Waals surface area contributed by atoms with Crippen molar-refractivity contribution in [1.29, 1.82) is 0 Å². The Bertz CT molecular complexity index is 386. The predicted octanol–water partition coefficient (Wildman–Crippen LogP) is 3.34. The van der Waals surface area contributed by atoms with Crippen LogP contribution in [0.4, 0.5) is 0 Å². The Labute approximate surface area is 116 Å². The zero-order valence-electron chi connectivity index (χ0n) is 12.1. The number of rotatable bonds is 6. The van der Waals surface area contributed by atoms with Gasteiger partial charge in [0, 0.05) is 6.07 Å². The Morgan fingerprint density at radius 1 is 1.16 bits per heavy atom. The first-order valence-electron chi connectivity index (χ1n) is 7.36. The van der Waals surface area contributed by atoms with Crippen molar-refractivity contribution >= 4 is 0 Å². The van der Waals surface area contributed by atoms with Gasteiger partial charge >= 0.3 is 0 Å². The van der Waals surface area contributed by atoms with E-state index in [4.69, 9.17) is 9.47 Å². The van der Waals surface area contributed by atoms with E-state index < -0.39 is 0 Å². The van der Waals surface area contributed by atoms with Crippen molar-refractivity contribution in [2.75, 3.05) is 26.8 Å². The second-order valence-electron chi connectivity index (χ2n) is 5.17. The molecule has 0 amide bonds. The van der Waals surface area contributed by atoms with Gasteiger partial charge in [-0.25, -0.2) is 0 Å². The molecule has 0 radical (unpaired) electrons. The fourth-order valence-corrected chi connectivity index (χ4v) is 2.52. The number of hydrogen-bond acceptors (Lipinski definition) is 3. The van der Waals surface area contributed by atoms with Gasteiger partial charge in [-0.3, -0.25) is 0 Å². The van der Waals surface area contributed by atoms with E-state index in [1.54, 1.807) is 7.11 Å². The Balaban J connectivity index is 2.10. The van der Waals surface area contributed by atoms with Crippen molar-refractivity contribution in [2.45, 2.75) is 38.5 Å². The van der Waals surface area contributed by atoms with Gasteiger partial charge in [0.25, 0.3) is 0 Å². The SMILES string of the molecule is CCCCOc1cc(OC)cc(C2CCNCC2)c1. The second-order valence-corrected chi connectivity index (χ2v) is 5.17. The van der Waals surface area contributed by atoms with Crippen molar-refractivity contribution in [3.05, 3.63) is 23.8 Å². The molecule has 3 nitrogen and oxygen atoms in total. The molecule has 0 saturated carbocycles. The third-order valence-corrected chi connectivity index (χ3v) is 3.72. The van der Waals surface area contributed by atoms with Crippen LogP contribution in [0.25, 0.3) is 0 Å². The molecule has 1 saturated heterocycles. The maximum Gasteiger partial charge on any atom is 0.123 e. The lowest BCUT2D eigenvalue weighted by molar-refractivity contribution is 0.306. The molecule has 1 heterocycles. The first-order chi connectivity index (χ1) is 9.33. The monoisotopic (exact) mass is 263 g/mol. The lowest BCUT2D eigenvalue weighted by Gasteiger charge is -2.24. The summed E-state index contributed by atoms with van der Waals surface area (Å²) in [6.07, 6.45) is 4.65. The molecule has 0 aliphatic carbocycles. The van der Waals surface area contributed by atoms with E-state index in [0.717, 1.165) is 44.0 Å². The van der Waals surface area contributed by atoms with Crippen molar-refractivity contribution in [1.82, 2.24) is 5.32 Å². The highest BCUT2D eigenvalue weighted by Crippen LogP contribution is 2.32. The summed E-state index contributed by atoms with van der Waals surface area (Å²) < 4.78 is 11.2. The maximum absolute atomic E-state index is 5.82. The molecule has 0 unspecified atom stereocenters. The zero-order valence-corrected chi connectivity index (χ0v) is 12.1. The van der Waals surface area contributed by atoms with Crippen LogP contribution in [0.3, 0.4) is 0 Å². The first-order valence-corrected chi connectivity index (χ1v) is 7.36. The van der Waals surface area contributed by atoms with Crippen LogP contribution in [0.1, 0.15) is 44.1 Å². The van der Waals surface area contributed by atoms with E-state index in [2.05, 4.69) is 24.4 Å². The summed E-state index contributed by atoms with van der Waals surface area (Å²) in [5, 5.41) is 3.41. The van der Waals surface area contributed by atoms with Gasteiger partial charge in [0.2, 0.25) is 0 Å². The van der Waals surface area contributed by atoms with Crippen LogP contribution in [0.5, 0.6) is 11.5 Å².